The second kappa shape index (κ2) is 5.69. The van der Waals surface area contributed by atoms with Crippen molar-refractivity contribution in [3.05, 3.63) is 52.9 Å². The zero-order valence-corrected chi connectivity index (χ0v) is 13.1. The van der Waals surface area contributed by atoms with Crippen LogP contribution in [0.25, 0.3) is 11.3 Å². The summed E-state index contributed by atoms with van der Waals surface area (Å²) in [6, 6.07) is 10.7. The van der Waals surface area contributed by atoms with Crippen molar-refractivity contribution in [2.45, 2.75) is 13.8 Å². The Labute approximate surface area is 132 Å². The molecule has 0 aliphatic heterocycles. The second-order valence-corrected chi connectivity index (χ2v) is 6.04. The summed E-state index contributed by atoms with van der Waals surface area (Å²) in [5.74, 6) is 0.0498. The summed E-state index contributed by atoms with van der Waals surface area (Å²) >= 11 is 1.47. The zero-order valence-electron chi connectivity index (χ0n) is 12.3. The minimum atomic E-state index is 0.0172. The predicted octanol–water partition coefficient (Wildman–Crippen LogP) is 4.58. The van der Waals surface area contributed by atoms with Crippen LogP contribution in [0.15, 0.2) is 41.8 Å². The minimum absolute atomic E-state index is 0.0172. The lowest BCUT2D eigenvalue weighted by atomic mass is 10.1. The SMILES string of the molecule is Cc1ccc(C)c(Nc2nc(-c3ccc(O)cc3O)cs2)c1. The van der Waals surface area contributed by atoms with Crippen molar-refractivity contribution in [3.8, 4) is 22.8 Å². The van der Waals surface area contributed by atoms with E-state index in [1.165, 1.54) is 29.0 Å². The van der Waals surface area contributed by atoms with Gasteiger partial charge in [-0.2, -0.15) is 0 Å². The summed E-state index contributed by atoms with van der Waals surface area (Å²) in [4.78, 5) is 4.50. The van der Waals surface area contributed by atoms with Gasteiger partial charge in [0, 0.05) is 22.7 Å². The molecule has 0 saturated carbocycles. The lowest BCUT2D eigenvalue weighted by molar-refractivity contribution is 0.452. The maximum absolute atomic E-state index is 9.91. The molecular formula is C17H16N2O2S. The number of hydrogen-bond donors (Lipinski definition) is 3. The van der Waals surface area contributed by atoms with Gasteiger partial charge in [-0.25, -0.2) is 4.98 Å². The van der Waals surface area contributed by atoms with Crippen LogP contribution in [0.1, 0.15) is 11.1 Å². The molecule has 0 bridgehead atoms. The Morgan fingerprint density at radius 1 is 1.05 bits per heavy atom. The highest BCUT2D eigenvalue weighted by molar-refractivity contribution is 7.14. The van der Waals surface area contributed by atoms with Crippen molar-refractivity contribution in [1.29, 1.82) is 0 Å². The third kappa shape index (κ3) is 2.89. The van der Waals surface area contributed by atoms with Crippen LogP contribution in [0.2, 0.25) is 0 Å². The van der Waals surface area contributed by atoms with Gasteiger partial charge in [-0.15, -0.1) is 11.3 Å². The van der Waals surface area contributed by atoms with E-state index < -0.39 is 0 Å². The van der Waals surface area contributed by atoms with Gasteiger partial charge in [0.2, 0.25) is 0 Å². The van der Waals surface area contributed by atoms with Gasteiger partial charge in [-0.1, -0.05) is 12.1 Å². The van der Waals surface area contributed by atoms with Crippen LogP contribution in [-0.4, -0.2) is 15.2 Å². The average molecular weight is 312 g/mol. The van der Waals surface area contributed by atoms with Crippen molar-refractivity contribution in [2.24, 2.45) is 0 Å². The maximum atomic E-state index is 9.91. The van der Waals surface area contributed by atoms with E-state index in [-0.39, 0.29) is 11.5 Å². The molecule has 22 heavy (non-hydrogen) atoms. The van der Waals surface area contributed by atoms with Crippen LogP contribution in [-0.2, 0) is 0 Å². The van der Waals surface area contributed by atoms with Gasteiger partial charge in [-0.05, 0) is 43.2 Å². The fourth-order valence-corrected chi connectivity index (χ4v) is 2.90. The number of phenolic OH excluding ortho intramolecular Hbond substituents is 2. The van der Waals surface area contributed by atoms with E-state index in [4.69, 9.17) is 0 Å². The van der Waals surface area contributed by atoms with Crippen molar-refractivity contribution >= 4 is 22.2 Å². The number of rotatable bonds is 3. The molecule has 0 unspecified atom stereocenters. The standard InChI is InChI=1S/C17H16N2O2S/c1-10-3-4-11(2)14(7-10)18-17-19-15(9-22-17)13-6-5-12(20)8-16(13)21/h3-9,20-21H,1-2H3,(H,18,19). The molecule has 2 aromatic carbocycles. The highest BCUT2D eigenvalue weighted by atomic mass is 32.1. The van der Waals surface area contributed by atoms with Crippen molar-refractivity contribution in [3.63, 3.8) is 0 Å². The number of phenols is 2. The fraction of sp³-hybridized carbons (Fsp3) is 0.118. The number of anilines is 2. The molecule has 5 heteroatoms. The maximum Gasteiger partial charge on any atom is 0.187 e. The Morgan fingerprint density at radius 2 is 1.86 bits per heavy atom. The van der Waals surface area contributed by atoms with Crippen LogP contribution in [0, 0.1) is 13.8 Å². The van der Waals surface area contributed by atoms with Crippen LogP contribution in [0.3, 0.4) is 0 Å². The van der Waals surface area contributed by atoms with Crippen LogP contribution >= 0.6 is 11.3 Å². The van der Waals surface area contributed by atoms with Gasteiger partial charge in [-0.3, -0.25) is 0 Å². The topological polar surface area (TPSA) is 65.4 Å². The molecule has 4 nitrogen and oxygen atoms in total. The highest BCUT2D eigenvalue weighted by Crippen LogP contribution is 2.34. The number of aromatic hydroxyl groups is 2. The predicted molar refractivity (Wildman–Crippen MR) is 90.1 cm³/mol. The molecule has 0 amide bonds. The summed E-state index contributed by atoms with van der Waals surface area (Å²) in [5.41, 5.74) is 4.63. The number of nitrogens with one attached hydrogen (secondary N) is 1. The summed E-state index contributed by atoms with van der Waals surface area (Å²) in [6.45, 7) is 4.09. The molecule has 112 valence electrons. The van der Waals surface area contributed by atoms with Crippen molar-refractivity contribution in [1.82, 2.24) is 4.98 Å². The first kappa shape index (κ1) is 14.4. The molecule has 0 aliphatic carbocycles. The lowest BCUT2D eigenvalue weighted by Crippen LogP contribution is -1.93. The van der Waals surface area contributed by atoms with E-state index in [2.05, 4.69) is 28.5 Å². The molecule has 3 aromatic rings. The largest absolute Gasteiger partial charge is 0.508 e. The van der Waals surface area contributed by atoms with Crippen LogP contribution in [0.5, 0.6) is 11.5 Å². The fourth-order valence-electron chi connectivity index (χ4n) is 2.18. The van der Waals surface area contributed by atoms with Gasteiger partial charge in [0.05, 0.1) is 5.69 Å². The zero-order chi connectivity index (χ0) is 15.7. The molecule has 1 heterocycles. The van der Waals surface area contributed by atoms with E-state index in [1.807, 2.05) is 19.2 Å². The molecule has 0 aliphatic rings. The van der Waals surface area contributed by atoms with Crippen molar-refractivity contribution in [2.75, 3.05) is 5.32 Å². The van der Waals surface area contributed by atoms with E-state index in [1.54, 1.807) is 6.07 Å². The van der Waals surface area contributed by atoms with Gasteiger partial charge >= 0.3 is 0 Å². The molecule has 3 N–H and O–H groups in total. The van der Waals surface area contributed by atoms with E-state index >= 15 is 0 Å². The molecule has 0 atom stereocenters. The van der Waals surface area contributed by atoms with E-state index in [0.29, 0.717) is 11.3 Å². The molecule has 0 fully saturated rings. The third-order valence-electron chi connectivity index (χ3n) is 3.40. The third-order valence-corrected chi connectivity index (χ3v) is 4.15. The Balaban J connectivity index is 1.89. The Bertz CT molecular complexity index is 827. The van der Waals surface area contributed by atoms with Crippen LogP contribution in [0.4, 0.5) is 10.8 Å². The summed E-state index contributed by atoms with van der Waals surface area (Å²) in [5, 5.41) is 25.2. The van der Waals surface area contributed by atoms with Gasteiger partial charge in [0.15, 0.2) is 5.13 Å². The minimum Gasteiger partial charge on any atom is -0.508 e. The first-order valence-corrected chi connectivity index (χ1v) is 7.73. The number of aryl methyl sites for hydroxylation is 2. The van der Waals surface area contributed by atoms with Gasteiger partial charge < -0.3 is 15.5 Å². The number of benzene rings is 2. The summed E-state index contributed by atoms with van der Waals surface area (Å²) in [6.07, 6.45) is 0. The molecule has 0 radical (unpaired) electrons. The normalized spacial score (nSPS) is 10.6. The molecule has 0 saturated heterocycles. The highest BCUT2D eigenvalue weighted by Gasteiger charge is 2.10. The number of nitrogens with zero attached hydrogens (tertiary/aromatic N) is 1. The first-order chi connectivity index (χ1) is 10.5. The van der Waals surface area contributed by atoms with Gasteiger partial charge in [0.1, 0.15) is 11.5 Å². The second-order valence-electron chi connectivity index (χ2n) is 5.18. The van der Waals surface area contributed by atoms with Crippen LogP contribution < -0.4 is 5.32 Å². The average Bonchev–Trinajstić information content (AvgIpc) is 2.91. The smallest absolute Gasteiger partial charge is 0.187 e. The Morgan fingerprint density at radius 3 is 2.64 bits per heavy atom. The van der Waals surface area contributed by atoms with Gasteiger partial charge in [0.25, 0.3) is 0 Å². The first-order valence-electron chi connectivity index (χ1n) is 6.85. The lowest BCUT2D eigenvalue weighted by Gasteiger charge is -2.07. The molecule has 0 spiro atoms. The Kier molecular flexibility index (Phi) is 3.73. The summed E-state index contributed by atoms with van der Waals surface area (Å²) < 4.78 is 0. The number of aromatic nitrogens is 1. The molecular weight excluding hydrogens is 296 g/mol. The number of hydrogen-bond acceptors (Lipinski definition) is 5. The number of thiazole rings is 1. The monoisotopic (exact) mass is 312 g/mol. The van der Waals surface area contributed by atoms with E-state index in [0.717, 1.165) is 16.4 Å². The molecule has 3 rings (SSSR count). The Hall–Kier alpha value is -2.53. The quantitative estimate of drug-likeness (QED) is 0.662. The van der Waals surface area contributed by atoms with E-state index in [9.17, 15) is 10.2 Å². The summed E-state index contributed by atoms with van der Waals surface area (Å²) in [7, 11) is 0. The molecule has 1 aromatic heterocycles. The van der Waals surface area contributed by atoms with Crippen molar-refractivity contribution < 1.29 is 10.2 Å².